The molecular weight excluding hydrogens is 439 g/mol. The average molecular weight is 460 g/mol. The third-order valence-corrected chi connectivity index (χ3v) is 6.12. The van der Waals surface area contributed by atoms with E-state index in [1.807, 2.05) is 18.2 Å². The minimum absolute atomic E-state index is 0.00407. The van der Waals surface area contributed by atoms with Crippen LogP contribution in [0.3, 0.4) is 0 Å². The van der Waals surface area contributed by atoms with E-state index in [4.69, 9.17) is 20.3 Å². The van der Waals surface area contributed by atoms with Gasteiger partial charge in [0.1, 0.15) is 23.6 Å². The first-order valence-electron chi connectivity index (χ1n) is 11.0. The molecule has 0 saturated carbocycles. The van der Waals surface area contributed by atoms with Gasteiger partial charge in [0.05, 0.1) is 18.0 Å². The second-order valence-electron chi connectivity index (χ2n) is 8.36. The number of halogens is 1. The highest BCUT2D eigenvalue weighted by Gasteiger charge is 2.39. The first-order chi connectivity index (χ1) is 16.6. The summed E-state index contributed by atoms with van der Waals surface area (Å²) in [6, 6.07) is 13.6. The van der Waals surface area contributed by atoms with Gasteiger partial charge in [-0.25, -0.2) is 19.0 Å². The minimum Gasteiger partial charge on any atom is -0.454 e. The van der Waals surface area contributed by atoms with Crippen LogP contribution in [0.15, 0.2) is 54.9 Å². The largest absolute Gasteiger partial charge is 0.454 e. The highest BCUT2D eigenvalue weighted by Crippen LogP contribution is 2.36. The van der Waals surface area contributed by atoms with Crippen LogP contribution >= 0.6 is 0 Å². The summed E-state index contributed by atoms with van der Waals surface area (Å²) in [5, 5.41) is 5.32. The van der Waals surface area contributed by atoms with Crippen molar-refractivity contribution in [3.05, 3.63) is 60.7 Å². The van der Waals surface area contributed by atoms with Crippen molar-refractivity contribution >= 4 is 22.8 Å². The zero-order valence-electron chi connectivity index (χ0n) is 18.1. The molecule has 34 heavy (non-hydrogen) atoms. The summed E-state index contributed by atoms with van der Waals surface area (Å²) in [7, 11) is 0. The van der Waals surface area contributed by atoms with Crippen molar-refractivity contribution in [1.82, 2.24) is 24.6 Å². The van der Waals surface area contributed by atoms with Crippen LogP contribution in [0.1, 0.15) is 12.5 Å². The molecule has 4 heterocycles. The number of anilines is 1. The lowest BCUT2D eigenvalue weighted by atomic mass is 10.1. The van der Waals surface area contributed by atoms with E-state index in [0.29, 0.717) is 47.7 Å². The third kappa shape index (κ3) is 3.61. The maximum atomic E-state index is 15.0. The number of carbonyl (C=O) groups excluding carboxylic acids is 1. The standard InChI is InChI=1S/C24H21FN6O3/c25-17-10-14(6-7-18(17)34-16-4-2-1-3-5-16)21-20-22(26)27-13-28-23(20)31(29-21)15-8-9-30(11-15)24(32)19-12-33-19/h1-7,10,13,15,19H,8-9,11-12H2,(H2,26,27,28)/t15-,19+/m1/s1. The Morgan fingerprint density at radius 1 is 1.18 bits per heavy atom. The minimum atomic E-state index is -0.526. The predicted octanol–water partition coefficient (Wildman–Crippen LogP) is 3.18. The lowest BCUT2D eigenvalue weighted by molar-refractivity contribution is -0.131. The Bertz CT molecular complexity index is 1390. The highest BCUT2D eigenvalue weighted by atomic mass is 19.1. The number of rotatable bonds is 5. The van der Waals surface area contributed by atoms with E-state index < -0.39 is 5.82 Å². The number of aromatic nitrogens is 4. The molecule has 2 N–H and O–H groups in total. The molecule has 0 radical (unpaired) electrons. The Labute approximate surface area is 193 Å². The molecule has 0 aliphatic carbocycles. The smallest absolute Gasteiger partial charge is 0.254 e. The van der Waals surface area contributed by atoms with Crippen LogP contribution in [0, 0.1) is 5.82 Å². The summed E-state index contributed by atoms with van der Waals surface area (Å²) < 4.78 is 27.5. The van der Waals surface area contributed by atoms with Crippen molar-refractivity contribution in [3.8, 4) is 22.8 Å². The van der Waals surface area contributed by atoms with E-state index in [2.05, 4.69) is 9.97 Å². The average Bonchev–Trinajstić information content (AvgIpc) is 3.45. The van der Waals surface area contributed by atoms with Gasteiger partial charge in [-0.05, 0) is 36.8 Å². The fourth-order valence-corrected chi connectivity index (χ4v) is 4.33. The molecule has 2 aliphatic heterocycles. The highest BCUT2D eigenvalue weighted by molar-refractivity contribution is 5.98. The van der Waals surface area contributed by atoms with E-state index in [1.165, 1.54) is 12.4 Å². The van der Waals surface area contributed by atoms with Gasteiger partial charge in [-0.1, -0.05) is 18.2 Å². The van der Waals surface area contributed by atoms with Gasteiger partial charge in [0.15, 0.2) is 23.3 Å². The van der Waals surface area contributed by atoms with Crippen molar-refractivity contribution in [2.24, 2.45) is 0 Å². The van der Waals surface area contributed by atoms with Crippen molar-refractivity contribution in [2.45, 2.75) is 18.6 Å². The van der Waals surface area contributed by atoms with Gasteiger partial charge in [-0.2, -0.15) is 5.10 Å². The van der Waals surface area contributed by atoms with E-state index >= 15 is 0 Å². The summed E-state index contributed by atoms with van der Waals surface area (Å²) in [4.78, 5) is 22.7. The number of nitrogens with two attached hydrogens (primary N) is 1. The normalized spacial score (nSPS) is 19.5. The number of likely N-dealkylation sites (tertiary alicyclic amines) is 1. The number of para-hydroxylation sites is 1. The summed E-state index contributed by atoms with van der Waals surface area (Å²) >= 11 is 0. The van der Waals surface area contributed by atoms with Gasteiger partial charge in [0.25, 0.3) is 5.91 Å². The summed E-state index contributed by atoms with van der Waals surface area (Å²) in [5.41, 5.74) is 7.75. The van der Waals surface area contributed by atoms with Crippen molar-refractivity contribution in [2.75, 3.05) is 25.4 Å². The second kappa shape index (κ2) is 8.07. The third-order valence-electron chi connectivity index (χ3n) is 6.12. The quantitative estimate of drug-likeness (QED) is 0.455. The molecule has 0 bridgehead atoms. The SMILES string of the molecule is Nc1ncnc2c1c(-c1ccc(Oc3ccccc3)c(F)c1)nn2[C@@H]1CCN(C(=O)[C@@H]2CO2)C1. The number of nitrogens with zero attached hydrogens (tertiary/aromatic N) is 5. The monoisotopic (exact) mass is 460 g/mol. The molecule has 2 aliphatic rings. The van der Waals surface area contributed by atoms with Gasteiger partial charge in [0.2, 0.25) is 0 Å². The van der Waals surface area contributed by atoms with E-state index in [0.717, 1.165) is 6.42 Å². The molecule has 0 spiro atoms. The zero-order chi connectivity index (χ0) is 23.2. The number of amides is 1. The summed E-state index contributed by atoms with van der Waals surface area (Å²) in [5.74, 6) is 0.383. The van der Waals surface area contributed by atoms with Gasteiger partial charge in [-0.3, -0.25) is 4.79 Å². The van der Waals surface area contributed by atoms with Crippen LogP contribution in [0.5, 0.6) is 11.5 Å². The Balaban J connectivity index is 1.35. The molecule has 172 valence electrons. The number of hydrogen-bond acceptors (Lipinski definition) is 7. The van der Waals surface area contributed by atoms with Crippen LogP contribution in [-0.4, -0.2) is 56.4 Å². The molecule has 1 amide bonds. The van der Waals surface area contributed by atoms with Crippen molar-refractivity contribution < 1.29 is 18.7 Å². The molecular formula is C24H21FN6O3. The molecule has 4 aromatic rings. The fourth-order valence-electron chi connectivity index (χ4n) is 4.33. The Morgan fingerprint density at radius 2 is 2.00 bits per heavy atom. The van der Waals surface area contributed by atoms with Crippen molar-refractivity contribution in [3.63, 3.8) is 0 Å². The van der Waals surface area contributed by atoms with Crippen LogP contribution in [0.25, 0.3) is 22.3 Å². The van der Waals surface area contributed by atoms with Gasteiger partial charge < -0.3 is 20.1 Å². The Morgan fingerprint density at radius 3 is 2.76 bits per heavy atom. The first kappa shape index (κ1) is 20.5. The Kier molecular flexibility index (Phi) is 4.88. The molecule has 2 atom stereocenters. The molecule has 2 aromatic heterocycles. The molecule has 0 unspecified atom stereocenters. The molecule has 10 heteroatoms. The van der Waals surface area contributed by atoms with Gasteiger partial charge in [-0.15, -0.1) is 0 Å². The lowest BCUT2D eigenvalue weighted by Crippen LogP contribution is -2.32. The fraction of sp³-hybridized carbons (Fsp3) is 0.250. The van der Waals surface area contributed by atoms with E-state index in [-0.39, 0.29) is 29.6 Å². The molecule has 2 fully saturated rings. The number of fused-ring (bicyclic) bond motifs is 1. The van der Waals surface area contributed by atoms with Crippen LogP contribution in [0.4, 0.5) is 10.2 Å². The Hall–Kier alpha value is -4.05. The number of epoxide rings is 1. The van der Waals surface area contributed by atoms with Crippen molar-refractivity contribution in [1.29, 1.82) is 0 Å². The maximum absolute atomic E-state index is 15.0. The van der Waals surface area contributed by atoms with Crippen LogP contribution < -0.4 is 10.5 Å². The maximum Gasteiger partial charge on any atom is 0.254 e. The van der Waals surface area contributed by atoms with Gasteiger partial charge >= 0.3 is 0 Å². The zero-order valence-corrected chi connectivity index (χ0v) is 18.1. The summed E-state index contributed by atoms with van der Waals surface area (Å²) in [6.07, 6.45) is 1.78. The second-order valence-corrected chi connectivity index (χ2v) is 8.36. The van der Waals surface area contributed by atoms with E-state index in [1.54, 1.807) is 33.8 Å². The number of ether oxygens (including phenoxy) is 2. The molecule has 9 nitrogen and oxygen atoms in total. The van der Waals surface area contributed by atoms with E-state index in [9.17, 15) is 9.18 Å². The number of nitrogen functional groups attached to an aromatic ring is 1. The molecule has 6 rings (SSSR count). The topological polar surface area (TPSA) is 112 Å². The molecule has 2 saturated heterocycles. The molecule has 2 aromatic carbocycles. The number of hydrogen-bond donors (Lipinski definition) is 1. The first-order valence-corrected chi connectivity index (χ1v) is 11.0. The predicted molar refractivity (Wildman–Crippen MR) is 122 cm³/mol. The number of benzene rings is 2. The van der Waals surface area contributed by atoms with Gasteiger partial charge in [0, 0.05) is 18.7 Å². The summed E-state index contributed by atoms with van der Waals surface area (Å²) in [6.45, 7) is 1.59. The number of carbonyl (C=O) groups is 1. The van der Waals surface area contributed by atoms with Crippen LogP contribution in [-0.2, 0) is 9.53 Å². The lowest BCUT2D eigenvalue weighted by Gasteiger charge is -2.15. The van der Waals surface area contributed by atoms with Crippen LogP contribution in [0.2, 0.25) is 0 Å².